The molecule has 1 aliphatic heterocycles. The Hall–Kier alpha value is -1.77. The number of amides is 1. The summed E-state index contributed by atoms with van der Waals surface area (Å²) in [6.07, 6.45) is 5.99. The fourth-order valence-corrected chi connectivity index (χ4v) is 5.97. The molecule has 2 heterocycles. The molecular formula is C19H23N3O3S2. The number of hydrogen-bond donors (Lipinski definition) is 1. The molecule has 144 valence electrons. The number of nitrogens with zero attached hydrogens (tertiary/aromatic N) is 2. The van der Waals surface area contributed by atoms with E-state index in [-0.39, 0.29) is 11.8 Å². The van der Waals surface area contributed by atoms with Gasteiger partial charge in [-0.1, -0.05) is 25.0 Å². The summed E-state index contributed by atoms with van der Waals surface area (Å²) in [6.45, 7) is 1.19. The molecule has 0 spiro atoms. The Kier molecular flexibility index (Phi) is 5.29. The van der Waals surface area contributed by atoms with Crippen LogP contribution in [0.5, 0.6) is 0 Å². The first-order valence-electron chi connectivity index (χ1n) is 9.41. The van der Waals surface area contributed by atoms with Gasteiger partial charge < -0.3 is 5.32 Å². The second kappa shape index (κ2) is 7.69. The zero-order valence-electron chi connectivity index (χ0n) is 15.1. The molecule has 1 amide bonds. The highest BCUT2D eigenvalue weighted by Crippen LogP contribution is 2.29. The molecule has 0 unspecified atom stereocenters. The first-order valence-corrected chi connectivity index (χ1v) is 11.7. The maximum atomic E-state index is 12.6. The number of aromatic nitrogens is 1. The predicted molar refractivity (Wildman–Crippen MR) is 106 cm³/mol. The van der Waals surface area contributed by atoms with Crippen LogP contribution in [0.2, 0.25) is 0 Å². The third kappa shape index (κ3) is 3.93. The zero-order valence-corrected chi connectivity index (χ0v) is 16.7. The van der Waals surface area contributed by atoms with Gasteiger partial charge in [-0.05, 0) is 37.8 Å². The van der Waals surface area contributed by atoms with Crippen molar-refractivity contribution in [3.05, 3.63) is 29.6 Å². The van der Waals surface area contributed by atoms with Crippen molar-refractivity contribution in [2.24, 2.45) is 5.92 Å². The van der Waals surface area contributed by atoms with Gasteiger partial charge in [-0.15, -0.1) is 11.3 Å². The number of anilines is 1. The molecule has 8 heteroatoms. The van der Waals surface area contributed by atoms with E-state index in [4.69, 9.17) is 0 Å². The topological polar surface area (TPSA) is 79.4 Å². The summed E-state index contributed by atoms with van der Waals surface area (Å²) >= 11 is 1.39. The molecule has 4 rings (SSSR count). The van der Waals surface area contributed by atoms with E-state index in [1.165, 1.54) is 11.3 Å². The largest absolute Gasteiger partial charge is 0.302 e. The van der Waals surface area contributed by atoms with Gasteiger partial charge >= 0.3 is 0 Å². The molecule has 0 atom stereocenters. The quantitative estimate of drug-likeness (QED) is 0.822. The Balaban J connectivity index is 1.46. The van der Waals surface area contributed by atoms with Crippen LogP contribution in [0.25, 0.3) is 11.3 Å². The third-order valence-electron chi connectivity index (χ3n) is 5.31. The Morgan fingerprint density at radius 3 is 2.41 bits per heavy atom. The maximum absolute atomic E-state index is 12.6. The number of carbonyl (C=O) groups excluding carboxylic acids is 1. The van der Waals surface area contributed by atoms with Crippen molar-refractivity contribution in [2.75, 3.05) is 18.4 Å². The van der Waals surface area contributed by atoms with E-state index in [2.05, 4.69) is 10.3 Å². The van der Waals surface area contributed by atoms with Crippen molar-refractivity contribution in [3.63, 3.8) is 0 Å². The Morgan fingerprint density at radius 1 is 1.07 bits per heavy atom. The summed E-state index contributed by atoms with van der Waals surface area (Å²) in [7, 11) is -3.40. The molecule has 1 saturated heterocycles. The molecule has 2 aromatic rings. The Labute approximate surface area is 163 Å². The number of nitrogens with one attached hydrogen (secondary N) is 1. The van der Waals surface area contributed by atoms with Gasteiger partial charge in [-0.25, -0.2) is 13.4 Å². The molecule has 2 aliphatic rings. The van der Waals surface area contributed by atoms with Gasteiger partial charge in [0.2, 0.25) is 15.9 Å². The molecule has 1 saturated carbocycles. The van der Waals surface area contributed by atoms with Crippen LogP contribution in [0.4, 0.5) is 5.13 Å². The number of sulfonamides is 1. The second-order valence-electron chi connectivity index (χ2n) is 7.14. The summed E-state index contributed by atoms with van der Waals surface area (Å²) in [4.78, 5) is 17.0. The lowest BCUT2D eigenvalue weighted by Crippen LogP contribution is -2.27. The van der Waals surface area contributed by atoms with Crippen molar-refractivity contribution in [1.29, 1.82) is 0 Å². The fourth-order valence-electron chi connectivity index (χ4n) is 3.73. The number of hydrogen-bond acceptors (Lipinski definition) is 5. The van der Waals surface area contributed by atoms with Gasteiger partial charge in [0, 0.05) is 30.0 Å². The van der Waals surface area contributed by atoms with E-state index >= 15 is 0 Å². The second-order valence-corrected chi connectivity index (χ2v) is 9.94. The van der Waals surface area contributed by atoms with Gasteiger partial charge in [0.1, 0.15) is 0 Å². The van der Waals surface area contributed by atoms with Crippen molar-refractivity contribution in [2.45, 2.75) is 43.4 Å². The third-order valence-corrected chi connectivity index (χ3v) is 7.98. The predicted octanol–water partition coefficient (Wildman–Crippen LogP) is 3.72. The summed E-state index contributed by atoms with van der Waals surface area (Å²) < 4.78 is 26.7. The van der Waals surface area contributed by atoms with E-state index in [1.54, 1.807) is 28.6 Å². The van der Waals surface area contributed by atoms with E-state index in [0.717, 1.165) is 49.8 Å². The monoisotopic (exact) mass is 405 g/mol. The van der Waals surface area contributed by atoms with Crippen molar-refractivity contribution >= 4 is 32.4 Å². The van der Waals surface area contributed by atoms with E-state index in [0.29, 0.717) is 23.1 Å². The van der Waals surface area contributed by atoms with Gasteiger partial charge in [0.15, 0.2) is 5.13 Å². The summed E-state index contributed by atoms with van der Waals surface area (Å²) in [6, 6.07) is 6.83. The van der Waals surface area contributed by atoms with E-state index in [1.807, 2.05) is 5.38 Å². The standard InChI is InChI=1S/C19H23N3O3S2/c23-18(15-5-1-2-6-15)21-19-20-17(13-26-19)14-7-9-16(10-8-14)27(24,25)22-11-3-4-12-22/h7-10,13,15H,1-6,11-12H2,(H,20,21,23). The van der Waals surface area contributed by atoms with Crippen LogP contribution in [0.15, 0.2) is 34.5 Å². The van der Waals surface area contributed by atoms with Crippen LogP contribution in [-0.2, 0) is 14.8 Å². The van der Waals surface area contributed by atoms with Crippen molar-refractivity contribution < 1.29 is 13.2 Å². The molecule has 1 N–H and O–H groups in total. The molecule has 1 aromatic carbocycles. The fraction of sp³-hybridized carbons (Fsp3) is 0.474. The molecule has 1 aromatic heterocycles. The lowest BCUT2D eigenvalue weighted by atomic mass is 10.1. The van der Waals surface area contributed by atoms with Crippen LogP contribution in [0.3, 0.4) is 0 Å². The van der Waals surface area contributed by atoms with Crippen LogP contribution in [-0.4, -0.2) is 36.7 Å². The molecule has 0 bridgehead atoms. The van der Waals surface area contributed by atoms with Gasteiger partial charge in [-0.2, -0.15) is 4.31 Å². The highest BCUT2D eigenvalue weighted by Gasteiger charge is 2.27. The van der Waals surface area contributed by atoms with Crippen molar-refractivity contribution in [1.82, 2.24) is 9.29 Å². The lowest BCUT2D eigenvalue weighted by molar-refractivity contribution is -0.119. The smallest absolute Gasteiger partial charge is 0.243 e. The highest BCUT2D eigenvalue weighted by molar-refractivity contribution is 7.89. The lowest BCUT2D eigenvalue weighted by Gasteiger charge is -2.15. The van der Waals surface area contributed by atoms with Crippen LogP contribution < -0.4 is 5.32 Å². The number of carbonyl (C=O) groups is 1. The SMILES string of the molecule is O=C(Nc1nc(-c2ccc(S(=O)(=O)N3CCCC3)cc2)cs1)C1CCCC1. The molecule has 0 radical (unpaired) electrons. The molecule has 2 fully saturated rings. The highest BCUT2D eigenvalue weighted by atomic mass is 32.2. The summed E-state index contributed by atoms with van der Waals surface area (Å²) in [5.74, 6) is 0.160. The van der Waals surface area contributed by atoms with Gasteiger partial charge in [0.25, 0.3) is 0 Å². The first kappa shape index (κ1) is 18.6. The zero-order chi connectivity index (χ0) is 18.9. The normalized spacial score (nSPS) is 18.8. The van der Waals surface area contributed by atoms with E-state index in [9.17, 15) is 13.2 Å². The molecule has 6 nitrogen and oxygen atoms in total. The number of benzene rings is 1. The molecular weight excluding hydrogens is 382 g/mol. The molecule has 1 aliphatic carbocycles. The van der Waals surface area contributed by atoms with Gasteiger partial charge in [-0.3, -0.25) is 4.79 Å². The minimum Gasteiger partial charge on any atom is -0.302 e. The number of rotatable bonds is 5. The average Bonchev–Trinajstić information content (AvgIpc) is 3.43. The van der Waals surface area contributed by atoms with Crippen molar-refractivity contribution in [3.8, 4) is 11.3 Å². The Bertz CT molecular complexity index is 910. The minimum atomic E-state index is -3.40. The summed E-state index contributed by atoms with van der Waals surface area (Å²) in [5, 5.41) is 5.39. The van der Waals surface area contributed by atoms with Crippen LogP contribution in [0, 0.1) is 5.92 Å². The maximum Gasteiger partial charge on any atom is 0.243 e. The first-order chi connectivity index (χ1) is 13.0. The van der Waals surface area contributed by atoms with E-state index < -0.39 is 10.0 Å². The average molecular weight is 406 g/mol. The number of thiazole rings is 1. The minimum absolute atomic E-state index is 0.0560. The van der Waals surface area contributed by atoms with Crippen LogP contribution in [0.1, 0.15) is 38.5 Å². The van der Waals surface area contributed by atoms with Crippen LogP contribution >= 0.6 is 11.3 Å². The van der Waals surface area contributed by atoms with Gasteiger partial charge in [0.05, 0.1) is 10.6 Å². The summed E-state index contributed by atoms with van der Waals surface area (Å²) in [5.41, 5.74) is 1.58. The Morgan fingerprint density at radius 2 is 1.74 bits per heavy atom. The molecule has 27 heavy (non-hydrogen) atoms.